The van der Waals surface area contributed by atoms with Gasteiger partial charge in [-0.05, 0) is 96.3 Å². The Morgan fingerprint density at radius 2 is 0.910 bits per heavy atom. The van der Waals surface area contributed by atoms with Crippen LogP contribution in [0.5, 0.6) is 0 Å². The molecule has 1 rings (SSSR count). The summed E-state index contributed by atoms with van der Waals surface area (Å²) in [6.45, 7) is 4.39. The molecule has 1 fully saturated rings. The zero-order valence-corrected chi connectivity index (χ0v) is 42.4. The lowest BCUT2D eigenvalue weighted by Gasteiger charge is -2.39. The highest BCUT2D eigenvalue weighted by molar-refractivity contribution is 5.69. The molecule has 67 heavy (non-hydrogen) atoms. The summed E-state index contributed by atoms with van der Waals surface area (Å²) >= 11 is 0. The van der Waals surface area contributed by atoms with Crippen LogP contribution in [-0.2, 0) is 23.7 Å². The molecular weight excluding hydrogens is 841 g/mol. The SMILES string of the molecule is CC/C=C\C/C=C\C/C=C\C/C=C\C/C=C\C/C=C\CCCCCCCCCOCC(COC1OC(CO)C(O)C(O)C1O)OC(=O)CCCCCCCCC/C=C\C/C=C\CCCCCC. The third-order valence-corrected chi connectivity index (χ3v) is 11.7. The molecule has 0 aromatic carbocycles. The average molecular weight is 939 g/mol. The first-order chi connectivity index (χ1) is 32.9. The molecule has 1 saturated heterocycles. The number of esters is 1. The van der Waals surface area contributed by atoms with Gasteiger partial charge in [0.25, 0.3) is 0 Å². The van der Waals surface area contributed by atoms with Crippen molar-refractivity contribution in [1.82, 2.24) is 0 Å². The van der Waals surface area contributed by atoms with Crippen molar-refractivity contribution in [2.45, 2.75) is 237 Å². The lowest BCUT2D eigenvalue weighted by Crippen LogP contribution is -2.59. The Morgan fingerprint density at radius 1 is 0.493 bits per heavy atom. The van der Waals surface area contributed by atoms with Crippen LogP contribution in [0.3, 0.4) is 0 Å². The summed E-state index contributed by atoms with van der Waals surface area (Å²) in [6, 6.07) is 0. The Labute approximate surface area is 409 Å². The molecule has 0 radical (unpaired) electrons. The van der Waals surface area contributed by atoms with Crippen LogP contribution in [0.4, 0.5) is 0 Å². The van der Waals surface area contributed by atoms with Crippen molar-refractivity contribution in [2.24, 2.45) is 0 Å². The molecule has 1 heterocycles. The lowest BCUT2D eigenvalue weighted by atomic mass is 9.99. The number of hydrogen-bond donors (Lipinski definition) is 4. The molecular formula is C58H98O9. The standard InChI is InChI=1S/C58H98O9/c1-3-5-7-9-11-13-15-17-19-21-23-24-25-26-27-28-29-30-32-34-36-38-40-42-44-46-48-64-50-52(51-65-58-57(63)56(62)55(61)53(49-59)67-58)66-54(60)47-45-43-41-39-37-35-33-31-22-20-18-16-14-12-10-8-6-4-2/h5,7,11,13-14,16-17,19-20,22-24,26-27,29-30,52-53,55-59,61-63H,3-4,6,8-10,12,15,18,21,25,28,31-51H2,1-2H3/b7-5-,13-11-,16-14-,19-17-,22-20-,24-23-,27-26-,30-29-. The molecule has 4 N–H and O–H groups in total. The first-order valence-electron chi connectivity index (χ1n) is 26.8. The molecule has 9 heteroatoms. The van der Waals surface area contributed by atoms with Crippen molar-refractivity contribution in [3.05, 3.63) is 97.2 Å². The number of allylic oxidation sites excluding steroid dienone is 16. The second-order valence-electron chi connectivity index (χ2n) is 17.9. The zero-order valence-electron chi connectivity index (χ0n) is 42.4. The summed E-state index contributed by atoms with van der Waals surface area (Å²) in [5.41, 5.74) is 0. The van der Waals surface area contributed by atoms with Crippen LogP contribution in [0.15, 0.2) is 97.2 Å². The molecule has 384 valence electrons. The summed E-state index contributed by atoms with van der Waals surface area (Å²) in [5.74, 6) is -0.329. The van der Waals surface area contributed by atoms with Crippen LogP contribution >= 0.6 is 0 Å². The molecule has 0 spiro atoms. The van der Waals surface area contributed by atoms with Crippen molar-refractivity contribution >= 4 is 5.97 Å². The Hall–Kier alpha value is -2.89. The summed E-state index contributed by atoms with van der Waals surface area (Å²) in [5, 5.41) is 40.3. The van der Waals surface area contributed by atoms with Gasteiger partial charge in [0.2, 0.25) is 0 Å². The fourth-order valence-electron chi connectivity index (χ4n) is 7.58. The molecule has 6 unspecified atom stereocenters. The minimum atomic E-state index is -1.55. The van der Waals surface area contributed by atoms with Gasteiger partial charge in [-0.25, -0.2) is 0 Å². The van der Waals surface area contributed by atoms with Crippen LogP contribution in [0.2, 0.25) is 0 Å². The van der Waals surface area contributed by atoms with Gasteiger partial charge in [-0.1, -0.05) is 195 Å². The molecule has 1 aliphatic rings. The Kier molecular flexibility index (Phi) is 44.6. The maximum atomic E-state index is 12.8. The number of hydrogen-bond acceptors (Lipinski definition) is 9. The monoisotopic (exact) mass is 939 g/mol. The van der Waals surface area contributed by atoms with Gasteiger partial charge >= 0.3 is 5.97 Å². The van der Waals surface area contributed by atoms with Crippen molar-refractivity contribution in [3.8, 4) is 0 Å². The Balaban J connectivity index is 2.21. The van der Waals surface area contributed by atoms with Crippen LogP contribution < -0.4 is 0 Å². The number of unbranched alkanes of at least 4 members (excludes halogenated alkanes) is 18. The molecule has 1 aliphatic heterocycles. The van der Waals surface area contributed by atoms with Crippen molar-refractivity contribution in [2.75, 3.05) is 26.4 Å². The fourth-order valence-corrected chi connectivity index (χ4v) is 7.58. The third kappa shape index (κ3) is 38.6. The third-order valence-electron chi connectivity index (χ3n) is 11.7. The Morgan fingerprint density at radius 3 is 1.37 bits per heavy atom. The largest absolute Gasteiger partial charge is 0.457 e. The number of aliphatic hydroxyl groups is 4. The summed E-state index contributed by atoms with van der Waals surface area (Å²) in [4.78, 5) is 12.8. The van der Waals surface area contributed by atoms with Crippen LogP contribution in [0, 0.1) is 0 Å². The highest BCUT2D eigenvalue weighted by atomic mass is 16.7. The maximum Gasteiger partial charge on any atom is 0.306 e. The maximum absolute atomic E-state index is 12.8. The van der Waals surface area contributed by atoms with E-state index in [0.29, 0.717) is 13.0 Å². The molecule has 9 nitrogen and oxygen atoms in total. The summed E-state index contributed by atoms with van der Waals surface area (Å²) in [6.07, 6.45) is 60.1. The molecule has 0 amide bonds. The first-order valence-corrected chi connectivity index (χ1v) is 26.8. The van der Waals surface area contributed by atoms with E-state index in [2.05, 4.69) is 111 Å². The quantitative estimate of drug-likeness (QED) is 0.0267. The van der Waals surface area contributed by atoms with E-state index in [1.165, 1.54) is 77.0 Å². The highest BCUT2D eigenvalue weighted by Gasteiger charge is 2.44. The van der Waals surface area contributed by atoms with E-state index in [1.54, 1.807) is 0 Å². The minimum Gasteiger partial charge on any atom is -0.457 e. The van der Waals surface area contributed by atoms with Crippen LogP contribution in [-0.4, -0.2) is 89.6 Å². The smallest absolute Gasteiger partial charge is 0.306 e. The summed E-state index contributed by atoms with van der Waals surface area (Å²) in [7, 11) is 0. The molecule has 0 aromatic rings. The normalized spacial score (nSPS) is 20.0. The van der Waals surface area contributed by atoms with Gasteiger partial charge in [-0.15, -0.1) is 0 Å². The minimum absolute atomic E-state index is 0.127. The van der Waals surface area contributed by atoms with Crippen LogP contribution in [0.25, 0.3) is 0 Å². The van der Waals surface area contributed by atoms with E-state index < -0.39 is 43.4 Å². The fraction of sp³-hybridized carbons (Fsp3) is 0.707. The topological polar surface area (TPSA) is 135 Å². The average Bonchev–Trinajstić information content (AvgIpc) is 3.33. The second-order valence-corrected chi connectivity index (χ2v) is 17.9. The lowest BCUT2D eigenvalue weighted by molar-refractivity contribution is -0.305. The van der Waals surface area contributed by atoms with Crippen LogP contribution in [0.1, 0.15) is 200 Å². The number of aliphatic hydroxyl groups excluding tert-OH is 4. The molecule has 0 aliphatic carbocycles. The van der Waals surface area contributed by atoms with E-state index in [0.717, 1.165) is 103 Å². The Bertz CT molecular complexity index is 1350. The predicted molar refractivity (Wildman–Crippen MR) is 279 cm³/mol. The van der Waals surface area contributed by atoms with Gasteiger partial charge in [0, 0.05) is 13.0 Å². The number of carbonyl (C=O) groups is 1. The first kappa shape index (κ1) is 62.1. The van der Waals surface area contributed by atoms with Gasteiger partial charge in [-0.2, -0.15) is 0 Å². The molecule has 0 saturated carbocycles. The number of rotatable bonds is 45. The highest BCUT2D eigenvalue weighted by Crippen LogP contribution is 2.23. The van der Waals surface area contributed by atoms with Crippen molar-refractivity contribution in [3.63, 3.8) is 0 Å². The van der Waals surface area contributed by atoms with Crippen molar-refractivity contribution < 1.29 is 44.2 Å². The van der Waals surface area contributed by atoms with Gasteiger partial charge < -0.3 is 39.4 Å². The van der Waals surface area contributed by atoms with Gasteiger partial charge in [0.15, 0.2) is 6.29 Å². The van der Waals surface area contributed by atoms with Crippen molar-refractivity contribution in [1.29, 1.82) is 0 Å². The second kappa shape index (κ2) is 48.1. The zero-order chi connectivity index (χ0) is 48.5. The van der Waals surface area contributed by atoms with Gasteiger partial charge in [0.1, 0.15) is 30.5 Å². The van der Waals surface area contributed by atoms with E-state index in [4.69, 9.17) is 18.9 Å². The summed E-state index contributed by atoms with van der Waals surface area (Å²) < 4.78 is 22.9. The molecule has 0 bridgehead atoms. The predicted octanol–water partition coefficient (Wildman–Crippen LogP) is 13.5. The van der Waals surface area contributed by atoms with E-state index in [1.807, 2.05) is 0 Å². The van der Waals surface area contributed by atoms with E-state index >= 15 is 0 Å². The van der Waals surface area contributed by atoms with E-state index in [-0.39, 0.29) is 19.2 Å². The van der Waals surface area contributed by atoms with Gasteiger partial charge in [-0.3, -0.25) is 4.79 Å². The number of carbonyl (C=O) groups excluding carboxylic acids is 1. The van der Waals surface area contributed by atoms with Gasteiger partial charge in [0.05, 0.1) is 19.8 Å². The molecule has 6 atom stereocenters. The molecule has 0 aromatic heterocycles. The number of ether oxygens (including phenoxy) is 4. The van der Waals surface area contributed by atoms with E-state index in [9.17, 15) is 25.2 Å².